The average Bonchev–Trinajstić information content (AvgIpc) is 3.21. The van der Waals surface area contributed by atoms with Crippen LogP contribution in [0.25, 0.3) is 6.08 Å². The van der Waals surface area contributed by atoms with Crippen molar-refractivity contribution in [2.45, 2.75) is 39.5 Å². The van der Waals surface area contributed by atoms with E-state index in [-0.39, 0.29) is 5.91 Å². The van der Waals surface area contributed by atoms with Crippen LogP contribution in [0.1, 0.15) is 52.1 Å². The number of rotatable bonds is 5. The highest BCUT2D eigenvalue weighted by molar-refractivity contribution is 7.17. The second-order valence-electron chi connectivity index (χ2n) is 6.49. The third kappa shape index (κ3) is 3.90. The zero-order valence-electron chi connectivity index (χ0n) is 15.3. The summed E-state index contributed by atoms with van der Waals surface area (Å²) in [4.78, 5) is 25.8. The number of nitrogens with one attached hydrogen (secondary N) is 1. The lowest BCUT2D eigenvalue weighted by molar-refractivity contribution is -0.111. The van der Waals surface area contributed by atoms with E-state index in [1.54, 1.807) is 12.1 Å². The SMILES string of the molecule is CCC1CCc2c(sc(NC(=O)/C=C/c3ccc(C)o3)c2C(=O)OC)C1. The zero-order chi connectivity index (χ0) is 18.7. The molecule has 1 aliphatic carbocycles. The van der Waals surface area contributed by atoms with Crippen molar-refractivity contribution in [3.05, 3.63) is 45.7 Å². The number of anilines is 1. The van der Waals surface area contributed by atoms with E-state index >= 15 is 0 Å². The third-order valence-corrected chi connectivity index (χ3v) is 5.90. The number of amides is 1. The number of fused-ring (bicyclic) bond motifs is 1. The zero-order valence-corrected chi connectivity index (χ0v) is 16.1. The van der Waals surface area contributed by atoms with E-state index in [9.17, 15) is 9.59 Å². The van der Waals surface area contributed by atoms with Gasteiger partial charge in [-0.25, -0.2) is 4.79 Å². The molecular weight excluding hydrogens is 350 g/mol. The molecule has 6 heteroatoms. The van der Waals surface area contributed by atoms with Gasteiger partial charge in [0.05, 0.1) is 12.7 Å². The van der Waals surface area contributed by atoms with Gasteiger partial charge in [0.1, 0.15) is 16.5 Å². The summed E-state index contributed by atoms with van der Waals surface area (Å²) in [5.74, 6) is 1.35. The second kappa shape index (κ2) is 7.91. The number of hydrogen-bond donors (Lipinski definition) is 1. The van der Waals surface area contributed by atoms with Gasteiger partial charge in [0.15, 0.2) is 0 Å². The first-order valence-electron chi connectivity index (χ1n) is 8.80. The molecule has 0 aromatic carbocycles. The molecule has 0 saturated heterocycles. The molecule has 26 heavy (non-hydrogen) atoms. The van der Waals surface area contributed by atoms with E-state index in [1.807, 2.05) is 13.0 Å². The molecular formula is C20H23NO4S. The fourth-order valence-electron chi connectivity index (χ4n) is 3.26. The molecule has 2 aromatic heterocycles. The first kappa shape index (κ1) is 18.5. The van der Waals surface area contributed by atoms with E-state index in [4.69, 9.17) is 9.15 Å². The van der Waals surface area contributed by atoms with Crippen LogP contribution in [0.3, 0.4) is 0 Å². The van der Waals surface area contributed by atoms with Gasteiger partial charge in [-0.3, -0.25) is 4.79 Å². The Balaban J connectivity index is 1.82. The summed E-state index contributed by atoms with van der Waals surface area (Å²) in [6.07, 6.45) is 7.02. The molecule has 138 valence electrons. The number of aryl methyl sites for hydroxylation is 1. The van der Waals surface area contributed by atoms with Gasteiger partial charge in [-0.05, 0) is 55.9 Å². The van der Waals surface area contributed by atoms with Crippen LogP contribution in [0.15, 0.2) is 22.6 Å². The van der Waals surface area contributed by atoms with E-state index in [0.717, 1.165) is 37.0 Å². The van der Waals surface area contributed by atoms with E-state index < -0.39 is 5.97 Å². The topological polar surface area (TPSA) is 68.5 Å². The summed E-state index contributed by atoms with van der Waals surface area (Å²) >= 11 is 1.49. The second-order valence-corrected chi connectivity index (χ2v) is 7.59. The number of carbonyl (C=O) groups excluding carboxylic acids is 2. The van der Waals surface area contributed by atoms with Crippen molar-refractivity contribution in [3.8, 4) is 0 Å². The van der Waals surface area contributed by atoms with Crippen LogP contribution in [-0.4, -0.2) is 19.0 Å². The van der Waals surface area contributed by atoms with Crippen LogP contribution in [0.5, 0.6) is 0 Å². The fourth-order valence-corrected chi connectivity index (χ4v) is 4.62. The van der Waals surface area contributed by atoms with Gasteiger partial charge in [-0.15, -0.1) is 11.3 Å². The Bertz CT molecular complexity index is 846. The molecule has 1 amide bonds. The molecule has 1 atom stereocenters. The largest absolute Gasteiger partial charge is 0.465 e. The lowest BCUT2D eigenvalue weighted by Crippen LogP contribution is -2.15. The minimum atomic E-state index is -0.390. The molecule has 0 fully saturated rings. The van der Waals surface area contributed by atoms with Crippen LogP contribution >= 0.6 is 11.3 Å². The summed E-state index contributed by atoms with van der Waals surface area (Å²) in [6.45, 7) is 4.04. The lowest BCUT2D eigenvalue weighted by atomic mass is 9.86. The average molecular weight is 373 g/mol. The number of carbonyl (C=O) groups is 2. The third-order valence-electron chi connectivity index (χ3n) is 4.73. The molecule has 0 saturated carbocycles. The summed E-state index contributed by atoms with van der Waals surface area (Å²) in [5.41, 5.74) is 1.55. The molecule has 1 aliphatic rings. The molecule has 2 aromatic rings. The number of methoxy groups -OCH3 is 1. The number of esters is 1. The minimum absolute atomic E-state index is 0.296. The number of thiophene rings is 1. The standard InChI is InChI=1S/C20H23NO4S/c1-4-13-6-9-15-16(11-13)26-19(18(15)20(23)24-3)21-17(22)10-8-14-7-5-12(2)25-14/h5,7-8,10,13H,4,6,9,11H2,1-3H3,(H,21,22)/b10-8+. The molecule has 1 unspecified atom stereocenters. The van der Waals surface area contributed by atoms with Crippen LogP contribution < -0.4 is 5.32 Å². The summed E-state index contributed by atoms with van der Waals surface area (Å²) in [6, 6.07) is 3.64. The lowest BCUT2D eigenvalue weighted by Gasteiger charge is -2.20. The predicted molar refractivity (Wildman–Crippen MR) is 103 cm³/mol. The van der Waals surface area contributed by atoms with Crippen molar-refractivity contribution < 1.29 is 18.7 Å². The van der Waals surface area contributed by atoms with E-state index in [0.29, 0.717) is 22.2 Å². The Labute approximate surface area is 157 Å². The maximum Gasteiger partial charge on any atom is 0.341 e. The van der Waals surface area contributed by atoms with Crippen molar-refractivity contribution >= 4 is 34.3 Å². The van der Waals surface area contributed by atoms with Crippen LogP contribution in [0.2, 0.25) is 0 Å². The van der Waals surface area contributed by atoms with Gasteiger partial charge in [-0.2, -0.15) is 0 Å². The minimum Gasteiger partial charge on any atom is -0.465 e. The first-order chi connectivity index (χ1) is 12.5. The van der Waals surface area contributed by atoms with Crippen molar-refractivity contribution in [1.29, 1.82) is 0 Å². The molecule has 1 N–H and O–H groups in total. The highest BCUT2D eigenvalue weighted by Crippen LogP contribution is 2.40. The van der Waals surface area contributed by atoms with E-state index in [2.05, 4.69) is 12.2 Å². The summed E-state index contributed by atoms with van der Waals surface area (Å²) in [7, 11) is 1.37. The number of furan rings is 1. The number of ether oxygens (including phenoxy) is 1. The Kier molecular flexibility index (Phi) is 5.61. The van der Waals surface area contributed by atoms with E-state index in [1.165, 1.54) is 29.4 Å². The molecule has 5 nitrogen and oxygen atoms in total. The van der Waals surface area contributed by atoms with Gasteiger partial charge in [0.25, 0.3) is 0 Å². The Morgan fingerprint density at radius 2 is 2.23 bits per heavy atom. The number of hydrogen-bond acceptors (Lipinski definition) is 5. The normalized spacial score (nSPS) is 16.5. The van der Waals surface area contributed by atoms with Crippen molar-refractivity contribution in [1.82, 2.24) is 0 Å². The van der Waals surface area contributed by atoms with Crippen molar-refractivity contribution in [3.63, 3.8) is 0 Å². The molecule has 0 bridgehead atoms. The monoisotopic (exact) mass is 373 g/mol. The van der Waals surface area contributed by atoms with Crippen molar-refractivity contribution in [2.75, 3.05) is 12.4 Å². The molecule has 3 rings (SSSR count). The van der Waals surface area contributed by atoms with Gasteiger partial charge in [0, 0.05) is 11.0 Å². The van der Waals surface area contributed by atoms with Crippen LogP contribution in [0.4, 0.5) is 5.00 Å². The summed E-state index contributed by atoms with van der Waals surface area (Å²) in [5, 5.41) is 3.42. The van der Waals surface area contributed by atoms with Crippen LogP contribution in [-0.2, 0) is 22.4 Å². The highest BCUT2D eigenvalue weighted by Gasteiger charge is 2.29. The van der Waals surface area contributed by atoms with Crippen LogP contribution in [0, 0.1) is 12.8 Å². The van der Waals surface area contributed by atoms with Crippen molar-refractivity contribution in [2.24, 2.45) is 5.92 Å². The first-order valence-corrected chi connectivity index (χ1v) is 9.61. The van der Waals surface area contributed by atoms with Gasteiger partial charge in [-0.1, -0.05) is 13.3 Å². The molecule has 0 aliphatic heterocycles. The Hall–Kier alpha value is -2.34. The maximum absolute atomic E-state index is 12.3. The van der Waals surface area contributed by atoms with Gasteiger partial charge < -0.3 is 14.5 Å². The predicted octanol–water partition coefficient (Wildman–Crippen LogP) is 4.60. The Morgan fingerprint density at radius 1 is 1.42 bits per heavy atom. The molecule has 0 radical (unpaired) electrons. The molecule has 0 spiro atoms. The smallest absolute Gasteiger partial charge is 0.341 e. The maximum atomic E-state index is 12.3. The molecule has 2 heterocycles. The quantitative estimate of drug-likeness (QED) is 0.614. The van der Waals surface area contributed by atoms with Gasteiger partial charge in [0.2, 0.25) is 5.91 Å². The highest BCUT2D eigenvalue weighted by atomic mass is 32.1. The van der Waals surface area contributed by atoms with Gasteiger partial charge >= 0.3 is 5.97 Å². The Morgan fingerprint density at radius 3 is 2.88 bits per heavy atom. The fraction of sp³-hybridized carbons (Fsp3) is 0.400. The summed E-state index contributed by atoms with van der Waals surface area (Å²) < 4.78 is 10.4.